The third kappa shape index (κ3) is 4.17. The highest BCUT2D eigenvalue weighted by Gasteiger charge is 2.23. The van der Waals surface area contributed by atoms with Crippen molar-refractivity contribution in [2.45, 2.75) is 11.8 Å². The average Bonchev–Trinajstić information content (AvgIpc) is 2.32. The van der Waals surface area contributed by atoms with Gasteiger partial charge in [-0.25, -0.2) is 8.42 Å². The largest absolute Gasteiger partial charge is 0.355 e. The first-order valence-electron chi connectivity index (χ1n) is 5.47. The summed E-state index contributed by atoms with van der Waals surface area (Å²) >= 11 is 8.99. The van der Waals surface area contributed by atoms with E-state index in [4.69, 9.17) is 11.6 Å². The van der Waals surface area contributed by atoms with Crippen molar-refractivity contribution in [3.8, 4) is 0 Å². The van der Waals surface area contributed by atoms with E-state index in [1.165, 1.54) is 25.2 Å². The Morgan fingerprint density at radius 1 is 1.47 bits per heavy atom. The second-order valence-corrected chi connectivity index (χ2v) is 7.10. The fourth-order valence-corrected chi connectivity index (χ4v) is 3.16. The number of halogens is 2. The van der Waals surface area contributed by atoms with Crippen LogP contribution in [0.2, 0.25) is 5.02 Å². The van der Waals surface area contributed by atoms with Gasteiger partial charge in [-0.05, 0) is 41.1 Å². The summed E-state index contributed by atoms with van der Waals surface area (Å²) in [6.45, 7) is 2.00. The fourth-order valence-electron chi connectivity index (χ4n) is 1.36. The maximum atomic E-state index is 12.2. The quantitative estimate of drug-likeness (QED) is 0.861. The number of sulfonamides is 1. The first-order valence-corrected chi connectivity index (χ1v) is 8.08. The van der Waals surface area contributed by atoms with Gasteiger partial charge in [0.25, 0.3) is 0 Å². The predicted octanol–water partition coefficient (Wildman–Crippen LogP) is 1.86. The molecule has 0 aromatic heterocycles. The molecule has 1 rings (SSSR count). The lowest BCUT2D eigenvalue weighted by Gasteiger charge is -2.17. The number of hydrogen-bond acceptors (Lipinski definition) is 3. The molecule has 0 saturated heterocycles. The van der Waals surface area contributed by atoms with E-state index in [-0.39, 0.29) is 17.3 Å². The van der Waals surface area contributed by atoms with Crippen molar-refractivity contribution in [2.75, 3.05) is 20.1 Å². The van der Waals surface area contributed by atoms with Crippen LogP contribution in [0.3, 0.4) is 0 Å². The number of nitrogens with zero attached hydrogens (tertiary/aromatic N) is 1. The topological polar surface area (TPSA) is 66.5 Å². The van der Waals surface area contributed by atoms with Crippen molar-refractivity contribution >= 4 is 43.5 Å². The lowest BCUT2D eigenvalue weighted by molar-refractivity contribution is -0.121. The molecule has 19 heavy (non-hydrogen) atoms. The van der Waals surface area contributed by atoms with Gasteiger partial charge in [-0.2, -0.15) is 4.31 Å². The predicted molar refractivity (Wildman–Crippen MR) is 77.7 cm³/mol. The lowest BCUT2D eigenvalue weighted by atomic mass is 10.4. The molecule has 8 heteroatoms. The summed E-state index contributed by atoms with van der Waals surface area (Å²) in [4.78, 5) is 11.5. The van der Waals surface area contributed by atoms with E-state index in [0.717, 1.165) is 4.31 Å². The molecule has 0 spiro atoms. The van der Waals surface area contributed by atoms with Crippen LogP contribution in [0, 0.1) is 0 Å². The van der Waals surface area contributed by atoms with E-state index in [0.29, 0.717) is 16.0 Å². The standard InChI is InChI=1S/C11H14BrClN2O3S/c1-3-14-11(16)7-15(2)19(17,18)8-4-5-10(13)9(12)6-8/h4-6H,3,7H2,1-2H3,(H,14,16). The van der Waals surface area contributed by atoms with E-state index < -0.39 is 10.0 Å². The third-order valence-corrected chi connectivity index (χ3v) is 5.35. The Morgan fingerprint density at radius 2 is 2.11 bits per heavy atom. The van der Waals surface area contributed by atoms with Crippen LogP contribution in [0.4, 0.5) is 0 Å². The maximum absolute atomic E-state index is 12.2. The fraction of sp³-hybridized carbons (Fsp3) is 0.364. The molecule has 0 aliphatic rings. The molecule has 1 N–H and O–H groups in total. The smallest absolute Gasteiger partial charge is 0.243 e. The van der Waals surface area contributed by atoms with E-state index in [1.807, 2.05) is 0 Å². The second kappa shape index (κ2) is 6.69. The Morgan fingerprint density at radius 3 is 2.63 bits per heavy atom. The summed E-state index contributed by atoms with van der Waals surface area (Å²) < 4.78 is 25.9. The zero-order valence-corrected chi connectivity index (χ0v) is 13.6. The van der Waals surface area contributed by atoms with Gasteiger partial charge in [-0.3, -0.25) is 4.79 Å². The zero-order valence-electron chi connectivity index (χ0n) is 10.5. The number of carbonyl (C=O) groups excluding carboxylic acids is 1. The minimum Gasteiger partial charge on any atom is -0.355 e. The van der Waals surface area contributed by atoms with Crippen molar-refractivity contribution < 1.29 is 13.2 Å². The van der Waals surface area contributed by atoms with Crippen molar-refractivity contribution in [3.05, 3.63) is 27.7 Å². The summed E-state index contributed by atoms with van der Waals surface area (Å²) in [6.07, 6.45) is 0. The Balaban J connectivity index is 2.96. The molecule has 0 heterocycles. The molecule has 1 aromatic rings. The Bertz CT molecular complexity index is 577. The summed E-state index contributed by atoms with van der Waals surface area (Å²) in [6, 6.07) is 4.29. The number of amides is 1. The number of rotatable bonds is 5. The summed E-state index contributed by atoms with van der Waals surface area (Å²) in [5, 5.41) is 2.97. The Hall–Kier alpha value is -0.630. The van der Waals surface area contributed by atoms with Crippen LogP contribution in [0.1, 0.15) is 6.92 Å². The summed E-state index contributed by atoms with van der Waals surface area (Å²) in [5.41, 5.74) is 0. The highest BCUT2D eigenvalue weighted by atomic mass is 79.9. The summed E-state index contributed by atoms with van der Waals surface area (Å²) in [7, 11) is -2.35. The minimum absolute atomic E-state index is 0.0792. The molecule has 0 unspecified atom stereocenters. The van der Waals surface area contributed by atoms with Crippen molar-refractivity contribution in [3.63, 3.8) is 0 Å². The number of nitrogens with one attached hydrogen (secondary N) is 1. The summed E-state index contributed by atoms with van der Waals surface area (Å²) in [5.74, 6) is -0.346. The lowest BCUT2D eigenvalue weighted by Crippen LogP contribution is -2.38. The molecule has 0 atom stereocenters. The van der Waals surface area contributed by atoms with E-state index >= 15 is 0 Å². The van der Waals surface area contributed by atoms with Crippen molar-refractivity contribution in [1.82, 2.24) is 9.62 Å². The molecule has 5 nitrogen and oxygen atoms in total. The van der Waals surface area contributed by atoms with Gasteiger partial charge >= 0.3 is 0 Å². The Kier molecular flexibility index (Phi) is 5.79. The maximum Gasteiger partial charge on any atom is 0.243 e. The van der Waals surface area contributed by atoms with Crippen LogP contribution in [-0.2, 0) is 14.8 Å². The first kappa shape index (κ1) is 16.4. The monoisotopic (exact) mass is 368 g/mol. The molecule has 0 aliphatic carbocycles. The number of likely N-dealkylation sites (N-methyl/N-ethyl adjacent to an activating group) is 2. The van der Waals surface area contributed by atoms with Crippen molar-refractivity contribution in [2.24, 2.45) is 0 Å². The van der Waals surface area contributed by atoms with Gasteiger partial charge in [0, 0.05) is 18.1 Å². The van der Waals surface area contributed by atoms with Gasteiger partial charge in [0.2, 0.25) is 15.9 Å². The molecular formula is C11H14BrClN2O3S. The molecule has 0 radical (unpaired) electrons. The van der Waals surface area contributed by atoms with Gasteiger partial charge in [0.05, 0.1) is 16.5 Å². The van der Waals surface area contributed by atoms with Crippen LogP contribution in [0.5, 0.6) is 0 Å². The SMILES string of the molecule is CCNC(=O)CN(C)S(=O)(=O)c1ccc(Cl)c(Br)c1. The van der Waals surface area contributed by atoms with Gasteiger partial charge in [0.1, 0.15) is 0 Å². The van der Waals surface area contributed by atoms with Crippen LogP contribution in [0.25, 0.3) is 0 Å². The van der Waals surface area contributed by atoms with E-state index in [1.54, 1.807) is 6.92 Å². The van der Waals surface area contributed by atoms with Crippen LogP contribution >= 0.6 is 27.5 Å². The van der Waals surface area contributed by atoms with Crippen LogP contribution < -0.4 is 5.32 Å². The third-order valence-electron chi connectivity index (χ3n) is 2.34. The Labute approximate surface area is 126 Å². The molecule has 0 bridgehead atoms. The van der Waals surface area contributed by atoms with Gasteiger partial charge in [-0.15, -0.1) is 0 Å². The van der Waals surface area contributed by atoms with Crippen LogP contribution in [-0.4, -0.2) is 38.8 Å². The molecule has 0 saturated carbocycles. The molecular weight excluding hydrogens is 356 g/mol. The normalized spacial score (nSPS) is 11.6. The number of hydrogen-bond donors (Lipinski definition) is 1. The van der Waals surface area contributed by atoms with E-state index in [2.05, 4.69) is 21.2 Å². The molecule has 1 amide bonds. The van der Waals surface area contributed by atoms with Crippen molar-refractivity contribution in [1.29, 1.82) is 0 Å². The van der Waals surface area contributed by atoms with E-state index in [9.17, 15) is 13.2 Å². The highest BCUT2D eigenvalue weighted by molar-refractivity contribution is 9.10. The molecule has 0 fully saturated rings. The molecule has 106 valence electrons. The molecule has 0 aliphatic heterocycles. The molecule has 1 aromatic carbocycles. The second-order valence-electron chi connectivity index (χ2n) is 3.79. The highest BCUT2D eigenvalue weighted by Crippen LogP contribution is 2.26. The van der Waals surface area contributed by atoms with Gasteiger partial charge in [-0.1, -0.05) is 11.6 Å². The number of benzene rings is 1. The van der Waals surface area contributed by atoms with Gasteiger partial charge in [0.15, 0.2) is 0 Å². The average molecular weight is 370 g/mol. The minimum atomic E-state index is -3.71. The van der Waals surface area contributed by atoms with Crippen LogP contribution in [0.15, 0.2) is 27.6 Å². The zero-order chi connectivity index (χ0) is 14.6. The first-order chi connectivity index (χ1) is 8.78. The van der Waals surface area contributed by atoms with Gasteiger partial charge < -0.3 is 5.32 Å². The number of carbonyl (C=O) groups is 1.